The molecule has 0 aliphatic heterocycles. The van der Waals surface area contributed by atoms with Gasteiger partial charge < -0.3 is 40.1 Å². The van der Waals surface area contributed by atoms with Gasteiger partial charge >= 0.3 is 21.6 Å². The van der Waals surface area contributed by atoms with Crippen molar-refractivity contribution in [1.29, 1.82) is 0 Å². The van der Waals surface area contributed by atoms with Gasteiger partial charge in [-0.05, 0) is 0 Å². The van der Waals surface area contributed by atoms with Gasteiger partial charge in [-0.15, -0.1) is 0 Å². The first-order valence-electron chi connectivity index (χ1n) is 6.07. The standard InChI is InChI=1S/C8H17NO14P2/c1-2(10)9-3(7(14)22-24(16,17)18)4(11)5(12)6(13)8(15)23-25(19,20)21/h3-6,8,11-13,15H,1H3,(H,9,10)(H2,16,17,18)(H2,19,20,21)/t3-,4-,5+,6+,8?/m1/s1. The molecule has 0 aliphatic rings. The number of rotatable bonds is 9. The monoisotopic (exact) mass is 413 g/mol. The van der Waals surface area contributed by atoms with Crippen molar-refractivity contribution in [2.24, 2.45) is 0 Å². The Balaban J connectivity index is 5.30. The summed E-state index contributed by atoms with van der Waals surface area (Å²) < 4.78 is 28.4. The summed E-state index contributed by atoms with van der Waals surface area (Å²) >= 11 is 0. The van der Waals surface area contributed by atoms with E-state index < -0.39 is 58.2 Å². The molecular weight excluding hydrogens is 396 g/mol. The molecule has 0 saturated carbocycles. The summed E-state index contributed by atoms with van der Waals surface area (Å²) in [5.74, 6) is -2.94. The van der Waals surface area contributed by atoms with Crippen LogP contribution in [0.4, 0.5) is 0 Å². The molecule has 0 heterocycles. The lowest BCUT2D eigenvalue weighted by molar-refractivity contribution is -0.179. The lowest BCUT2D eigenvalue weighted by Gasteiger charge is -2.30. The lowest BCUT2D eigenvalue weighted by Crippen LogP contribution is -2.57. The molecular formula is C8H17NO14P2. The van der Waals surface area contributed by atoms with Crippen LogP contribution >= 0.6 is 15.6 Å². The van der Waals surface area contributed by atoms with Gasteiger partial charge in [0.05, 0.1) is 0 Å². The van der Waals surface area contributed by atoms with Crippen molar-refractivity contribution in [1.82, 2.24) is 5.32 Å². The highest BCUT2D eigenvalue weighted by Gasteiger charge is 2.42. The number of phosphoric acid groups is 2. The van der Waals surface area contributed by atoms with Crippen molar-refractivity contribution >= 4 is 27.5 Å². The first-order valence-corrected chi connectivity index (χ1v) is 9.13. The van der Waals surface area contributed by atoms with E-state index in [4.69, 9.17) is 19.6 Å². The number of hydrogen-bond acceptors (Lipinski definition) is 10. The minimum absolute atomic E-state index is 0.818. The van der Waals surface area contributed by atoms with Crippen molar-refractivity contribution in [3.63, 3.8) is 0 Å². The molecule has 5 atom stereocenters. The summed E-state index contributed by atoms with van der Waals surface area (Å²) in [5.41, 5.74) is 0. The molecule has 148 valence electrons. The van der Waals surface area contributed by atoms with E-state index in [0.717, 1.165) is 6.92 Å². The molecule has 17 heteroatoms. The Hall–Kier alpha value is -0.960. The number of amides is 1. The number of aliphatic hydroxyl groups is 4. The van der Waals surface area contributed by atoms with Crippen LogP contribution in [0.25, 0.3) is 0 Å². The van der Waals surface area contributed by atoms with Crippen molar-refractivity contribution in [2.75, 3.05) is 0 Å². The second-order valence-electron chi connectivity index (χ2n) is 4.54. The van der Waals surface area contributed by atoms with Crippen LogP contribution in [0.1, 0.15) is 6.92 Å². The van der Waals surface area contributed by atoms with Gasteiger partial charge in [0.1, 0.15) is 18.3 Å². The molecule has 25 heavy (non-hydrogen) atoms. The number of aliphatic hydroxyl groups excluding tert-OH is 4. The summed E-state index contributed by atoms with van der Waals surface area (Å²) in [5, 5.41) is 39.7. The fourth-order valence-corrected chi connectivity index (χ4v) is 2.20. The highest BCUT2D eigenvalue weighted by atomic mass is 31.2. The Kier molecular flexibility index (Phi) is 8.77. The molecule has 0 spiro atoms. The van der Waals surface area contributed by atoms with Crippen LogP contribution in [0.3, 0.4) is 0 Å². The Morgan fingerprint density at radius 1 is 0.880 bits per heavy atom. The van der Waals surface area contributed by atoms with Gasteiger partial charge in [-0.1, -0.05) is 0 Å². The van der Waals surface area contributed by atoms with E-state index in [1.165, 1.54) is 0 Å². The third-order valence-electron chi connectivity index (χ3n) is 2.40. The number of hydrogen-bond donors (Lipinski definition) is 9. The Morgan fingerprint density at radius 2 is 1.36 bits per heavy atom. The van der Waals surface area contributed by atoms with E-state index in [-0.39, 0.29) is 0 Å². The Labute approximate surface area is 139 Å². The highest BCUT2D eigenvalue weighted by molar-refractivity contribution is 7.47. The van der Waals surface area contributed by atoms with Gasteiger partial charge in [0.25, 0.3) is 0 Å². The SMILES string of the molecule is CC(=O)N[C@@H](C(=O)OP(=O)(O)O)[C@@H](O)[C@H](O)[C@H](O)C(O)OP(=O)(O)O. The maximum absolute atomic E-state index is 11.6. The molecule has 0 radical (unpaired) electrons. The summed E-state index contributed by atoms with van der Waals surface area (Å²) in [4.78, 5) is 56.5. The average Bonchev–Trinajstić information content (AvgIpc) is 2.38. The maximum Gasteiger partial charge on any atom is 0.527 e. The number of phosphoric ester groups is 2. The number of nitrogens with one attached hydrogen (secondary N) is 1. The third kappa shape index (κ3) is 9.34. The van der Waals surface area contributed by atoms with Crippen molar-refractivity contribution < 1.29 is 67.8 Å². The molecule has 9 N–H and O–H groups in total. The first-order chi connectivity index (χ1) is 11.0. The smallest absolute Gasteiger partial charge is 0.388 e. The molecule has 0 rings (SSSR count). The zero-order chi connectivity index (χ0) is 20.2. The van der Waals surface area contributed by atoms with E-state index in [0.29, 0.717) is 0 Å². The van der Waals surface area contributed by atoms with Crippen LogP contribution in [-0.4, -0.2) is 82.5 Å². The second-order valence-corrected chi connectivity index (χ2v) is 6.89. The largest absolute Gasteiger partial charge is 0.527 e. The quantitative estimate of drug-likeness (QED) is 0.128. The molecule has 15 nitrogen and oxygen atoms in total. The van der Waals surface area contributed by atoms with Gasteiger partial charge in [-0.3, -0.25) is 19.1 Å². The van der Waals surface area contributed by atoms with E-state index in [2.05, 4.69) is 9.05 Å². The van der Waals surface area contributed by atoms with E-state index in [1.54, 1.807) is 5.32 Å². The number of carbonyl (C=O) groups excluding carboxylic acids is 2. The fourth-order valence-electron chi connectivity index (χ4n) is 1.45. The van der Waals surface area contributed by atoms with Crippen molar-refractivity contribution in [3.8, 4) is 0 Å². The third-order valence-corrected chi connectivity index (χ3v) is 3.31. The molecule has 0 aromatic carbocycles. The molecule has 0 bridgehead atoms. The van der Waals surface area contributed by atoms with Gasteiger partial charge in [0.15, 0.2) is 12.3 Å². The fraction of sp³-hybridized carbons (Fsp3) is 0.750. The normalized spacial score (nSPS) is 18.6. The summed E-state index contributed by atoms with van der Waals surface area (Å²) in [6.45, 7) is 0.818. The molecule has 0 aliphatic carbocycles. The lowest BCUT2D eigenvalue weighted by atomic mass is 10.0. The molecule has 0 aromatic heterocycles. The van der Waals surface area contributed by atoms with Crippen molar-refractivity contribution in [2.45, 2.75) is 37.6 Å². The van der Waals surface area contributed by atoms with Gasteiger partial charge in [-0.2, -0.15) is 0 Å². The molecule has 0 fully saturated rings. The number of carbonyl (C=O) groups is 2. The molecule has 1 unspecified atom stereocenters. The predicted octanol–water partition coefficient (Wildman–Crippen LogP) is -4.36. The first kappa shape index (κ1) is 24.0. The maximum atomic E-state index is 11.6. The summed E-state index contributed by atoms with van der Waals surface area (Å²) in [6, 6.07) is -2.32. The van der Waals surface area contributed by atoms with Gasteiger partial charge in [-0.25, -0.2) is 13.9 Å². The van der Waals surface area contributed by atoms with Crippen LogP contribution in [-0.2, 0) is 27.8 Å². The van der Waals surface area contributed by atoms with Crippen LogP contribution < -0.4 is 5.32 Å². The van der Waals surface area contributed by atoms with Gasteiger partial charge in [0, 0.05) is 6.92 Å². The zero-order valence-corrected chi connectivity index (χ0v) is 14.1. The topological polar surface area (TPSA) is 261 Å². The molecule has 0 saturated heterocycles. The van der Waals surface area contributed by atoms with E-state index in [1.807, 2.05) is 0 Å². The van der Waals surface area contributed by atoms with E-state index >= 15 is 0 Å². The van der Waals surface area contributed by atoms with Crippen LogP contribution in [0, 0.1) is 0 Å². The minimum Gasteiger partial charge on any atom is -0.388 e. The summed E-state index contributed by atoms with van der Waals surface area (Å²) in [6.07, 6.45) is -10.5. The summed E-state index contributed by atoms with van der Waals surface area (Å²) in [7, 11) is -10.7. The Morgan fingerprint density at radius 3 is 1.72 bits per heavy atom. The van der Waals surface area contributed by atoms with Crippen LogP contribution in [0.2, 0.25) is 0 Å². The molecule has 0 aromatic rings. The predicted molar refractivity (Wildman–Crippen MR) is 72.9 cm³/mol. The Bertz CT molecular complexity index is 569. The zero-order valence-electron chi connectivity index (χ0n) is 12.3. The van der Waals surface area contributed by atoms with Crippen LogP contribution in [0.15, 0.2) is 0 Å². The highest BCUT2D eigenvalue weighted by Crippen LogP contribution is 2.38. The van der Waals surface area contributed by atoms with Crippen molar-refractivity contribution in [3.05, 3.63) is 0 Å². The van der Waals surface area contributed by atoms with Crippen LogP contribution in [0.5, 0.6) is 0 Å². The van der Waals surface area contributed by atoms with E-state index in [9.17, 15) is 39.1 Å². The molecule has 1 amide bonds. The second kappa shape index (κ2) is 9.12. The van der Waals surface area contributed by atoms with Gasteiger partial charge in [0.2, 0.25) is 5.91 Å². The average molecular weight is 413 g/mol. The minimum atomic E-state index is -5.39.